The zero-order valence-corrected chi connectivity index (χ0v) is 10.5. The molecule has 88 valence electrons. The van der Waals surface area contributed by atoms with Crippen molar-refractivity contribution in [1.29, 1.82) is 10.5 Å². The van der Waals surface area contributed by atoms with Crippen LogP contribution in [0.25, 0.3) is 20.2 Å². The fourth-order valence-corrected chi connectivity index (χ4v) is 3.03. The number of nitrogens with zero attached hydrogens (tertiary/aromatic N) is 2. The Bertz CT molecular complexity index is 883. The first-order valence-corrected chi connectivity index (χ1v) is 6.35. The van der Waals surface area contributed by atoms with Gasteiger partial charge >= 0.3 is 0 Å². The summed E-state index contributed by atoms with van der Waals surface area (Å²) in [5.41, 5.74) is 0.804. The Morgan fingerprint density at radius 2 is 1.32 bits per heavy atom. The molecule has 19 heavy (non-hydrogen) atoms. The fraction of sp³-hybridized carbons (Fsp3) is 0. The lowest BCUT2D eigenvalue weighted by atomic mass is 10.1. The van der Waals surface area contributed by atoms with Gasteiger partial charge in [0, 0.05) is 20.2 Å². The average Bonchev–Trinajstić information content (AvgIpc) is 2.47. The fourth-order valence-electron chi connectivity index (χ4n) is 2.00. The molecule has 0 saturated carbocycles. The molecule has 0 aliphatic heterocycles. The van der Waals surface area contributed by atoms with E-state index in [-0.39, 0.29) is 5.43 Å². The summed E-state index contributed by atoms with van der Waals surface area (Å²) in [6.45, 7) is 0. The minimum atomic E-state index is -0.127. The summed E-state index contributed by atoms with van der Waals surface area (Å²) < 4.78 is 1.70. The van der Waals surface area contributed by atoms with Crippen LogP contribution in [0.2, 0.25) is 0 Å². The van der Waals surface area contributed by atoms with Crippen molar-refractivity contribution < 1.29 is 0 Å². The van der Waals surface area contributed by atoms with E-state index in [9.17, 15) is 4.79 Å². The normalized spacial score (nSPS) is 10.2. The van der Waals surface area contributed by atoms with Crippen LogP contribution in [0.5, 0.6) is 0 Å². The van der Waals surface area contributed by atoms with E-state index in [4.69, 9.17) is 10.5 Å². The van der Waals surface area contributed by atoms with Gasteiger partial charge in [0.15, 0.2) is 5.43 Å². The second-order valence-electron chi connectivity index (χ2n) is 4.08. The maximum atomic E-state index is 12.4. The number of hydrogen-bond donors (Lipinski definition) is 0. The monoisotopic (exact) mass is 262 g/mol. The molecule has 3 rings (SSSR count). The lowest BCUT2D eigenvalue weighted by Gasteiger charge is -2.01. The van der Waals surface area contributed by atoms with Gasteiger partial charge < -0.3 is 0 Å². The predicted octanol–water partition coefficient (Wildman–Crippen LogP) is 3.16. The molecule has 0 aliphatic carbocycles. The van der Waals surface area contributed by atoms with Crippen molar-refractivity contribution in [2.75, 3.05) is 0 Å². The van der Waals surface area contributed by atoms with Crippen LogP contribution in [0, 0.1) is 22.7 Å². The Balaban J connectivity index is 2.51. The van der Waals surface area contributed by atoms with E-state index in [1.54, 1.807) is 36.4 Å². The van der Waals surface area contributed by atoms with E-state index in [0.29, 0.717) is 21.9 Å². The molecule has 0 unspecified atom stereocenters. The quantitative estimate of drug-likeness (QED) is 0.584. The molecule has 0 aliphatic rings. The molecular weight excluding hydrogens is 256 g/mol. The Kier molecular flexibility index (Phi) is 2.52. The summed E-state index contributed by atoms with van der Waals surface area (Å²) in [7, 11) is 0. The third-order valence-corrected chi connectivity index (χ3v) is 4.08. The van der Waals surface area contributed by atoms with Crippen LogP contribution in [-0.2, 0) is 0 Å². The first-order valence-electron chi connectivity index (χ1n) is 5.54. The first kappa shape index (κ1) is 11.4. The van der Waals surface area contributed by atoms with Crippen molar-refractivity contribution in [2.24, 2.45) is 0 Å². The van der Waals surface area contributed by atoms with Gasteiger partial charge in [-0.25, -0.2) is 0 Å². The highest BCUT2D eigenvalue weighted by Gasteiger charge is 2.07. The summed E-state index contributed by atoms with van der Waals surface area (Å²) in [4.78, 5) is 12.4. The molecule has 0 amide bonds. The van der Waals surface area contributed by atoms with Crippen molar-refractivity contribution in [3.63, 3.8) is 0 Å². The van der Waals surface area contributed by atoms with Crippen LogP contribution in [0.15, 0.2) is 41.2 Å². The van der Waals surface area contributed by atoms with Crippen LogP contribution in [0.3, 0.4) is 0 Å². The van der Waals surface area contributed by atoms with Gasteiger partial charge in [-0.2, -0.15) is 10.5 Å². The highest BCUT2D eigenvalue weighted by atomic mass is 32.1. The van der Waals surface area contributed by atoms with Gasteiger partial charge in [-0.1, -0.05) is 0 Å². The van der Waals surface area contributed by atoms with Gasteiger partial charge in [-0.05, 0) is 36.4 Å². The molecule has 3 nitrogen and oxygen atoms in total. The van der Waals surface area contributed by atoms with E-state index in [1.165, 1.54) is 11.3 Å². The van der Waals surface area contributed by atoms with E-state index in [0.717, 1.165) is 9.40 Å². The summed E-state index contributed by atoms with van der Waals surface area (Å²) >= 11 is 1.48. The number of nitriles is 2. The lowest BCUT2D eigenvalue weighted by Crippen LogP contribution is -2.01. The van der Waals surface area contributed by atoms with Crippen molar-refractivity contribution in [1.82, 2.24) is 0 Å². The number of benzene rings is 2. The maximum Gasteiger partial charge on any atom is 0.195 e. The van der Waals surface area contributed by atoms with Crippen molar-refractivity contribution >= 4 is 31.5 Å². The van der Waals surface area contributed by atoms with E-state index in [1.807, 2.05) is 12.1 Å². The number of fused-ring (bicyclic) bond motifs is 2. The highest BCUT2D eigenvalue weighted by Crippen LogP contribution is 2.25. The van der Waals surface area contributed by atoms with Gasteiger partial charge in [0.05, 0.1) is 23.3 Å². The van der Waals surface area contributed by atoms with E-state index in [2.05, 4.69) is 0 Å². The van der Waals surface area contributed by atoms with Crippen LogP contribution in [0.4, 0.5) is 0 Å². The molecule has 0 radical (unpaired) electrons. The molecule has 0 bridgehead atoms. The molecule has 3 aromatic rings. The molecule has 0 atom stereocenters. The van der Waals surface area contributed by atoms with Crippen LogP contribution >= 0.6 is 11.3 Å². The Morgan fingerprint density at radius 3 is 1.74 bits per heavy atom. The smallest absolute Gasteiger partial charge is 0.195 e. The first-order chi connectivity index (χ1) is 9.22. The minimum absolute atomic E-state index is 0.127. The summed E-state index contributed by atoms with van der Waals surface area (Å²) in [5.74, 6) is 0. The standard InChI is InChI=1S/C15H6N2OS/c16-7-9-1-3-13-11(5-9)15(18)12-6-10(8-17)2-4-14(12)19-13/h1-6H. The van der Waals surface area contributed by atoms with Crippen LogP contribution in [0.1, 0.15) is 11.1 Å². The van der Waals surface area contributed by atoms with E-state index >= 15 is 0 Å². The van der Waals surface area contributed by atoms with Gasteiger partial charge in [0.25, 0.3) is 0 Å². The molecular formula is C15H6N2OS. The van der Waals surface area contributed by atoms with Crippen molar-refractivity contribution in [3.05, 3.63) is 57.7 Å². The molecule has 0 saturated heterocycles. The number of rotatable bonds is 0. The van der Waals surface area contributed by atoms with Crippen molar-refractivity contribution in [2.45, 2.75) is 0 Å². The third kappa shape index (κ3) is 1.76. The molecule has 2 aromatic carbocycles. The Labute approximate surface area is 112 Å². The van der Waals surface area contributed by atoms with Gasteiger partial charge in [-0.3, -0.25) is 4.79 Å². The molecule has 0 spiro atoms. The minimum Gasteiger partial charge on any atom is -0.289 e. The molecule has 0 fully saturated rings. The SMILES string of the molecule is N#Cc1ccc2sc3ccc(C#N)cc3c(=O)c2c1. The highest BCUT2D eigenvalue weighted by molar-refractivity contribution is 7.24. The van der Waals surface area contributed by atoms with Gasteiger partial charge in [0.2, 0.25) is 0 Å². The molecule has 4 heteroatoms. The zero-order valence-electron chi connectivity index (χ0n) is 9.68. The maximum absolute atomic E-state index is 12.4. The van der Waals surface area contributed by atoms with Crippen LogP contribution < -0.4 is 5.43 Å². The summed E-state index contributed by atoms with van der Waals surface area (Å²) in [5, 5.41) is 18.9. The Hall–Kier alpha value is -2.69. The third-order valence-electron chi connectivity index (χ3n) is 2.93. The zero-order chi connectivity index (χ0) is 13.4. The lowest BCUT2D eigenvalue weighted by molar-refractivity contribution is 1.49. The summed E-state index contributed by atoms with van der Waals surface area (Å²) in [6, 6.07) is 14.3. The second kappa shape index (κ2) is 4.20. The summed E-state index contributed by atoms with van der Waals surface area (Å²) in [6.07, 6.45) is 0. The molecule has 0 N–H and O–H groups in total. The van der Waals surface area contributed by atoms with Gasteiger partial charge in [-0.15, -0.1) is 11.3 Å². The number of hydrogen-bond acceptors (Lipinski definition) is 4. The molecule has 1 aromatic heterocycles. The predicted molar refractivity (Wildman–Crippen MR) is 75.0 cm³/mol. The van der Waals surface area contributed by atoms with Crippen molar-refractivity contribution in [3.8, 4) is 12.1 Å². The second-order valence-corrected chi connectivity index (χ2v) is 5.16. The average molecular weight is 262 g/mol. The largest absolute Gasteiger partial charge is 0.289 e. The topological polar surface area (TPSA) is 64.7 Å². The van der Waals surface area contributed by atoms with Crippen LogP contribution in [-0.4, -0.2) is 0 Å². The van der Waals surface area contributed by atoms with E-state index < -0.39 is 0 Å². The Morgan fingerprint density at radius 1 is 0.842 bits per heavy atom. The molecule has 1 heterocycles. The van der Waals surface area contributed by atoms with Gasteiger partial charge in [0.1, 0.15) is 0 Å².